The Labute approximate surface area is 116 Å². The second-order valence-corrected chi connectivity index (χ2v) is 6.23. The molecule has 4 heteroatoms. The van der Waals surface area contributed by atoms with E-state index < -0.39 is 0 Å². The normalized spacial score (nSPS) is 35.6. The van der Waals surface area contributed by atoms with Crippen molar-refractivity contribution in [3.63, 3.8) is 0 Å². The molecule has 2 heterocycles. The van der Waals surface area contributed by atoms with E-state index in [0.29, 0.717) is 31.1 Å². The Morgan fingerprint density at radius 2 is 2.11 bits per heavy atom. The van der Waals surface area contributed by atoms with Crippen LogP contribution in [0.3, 0.4) is 0 Å². The third-order valence-electron chi connectivity index (χ3n) is 4.45. The Morgan fingerprint density at radius 3 is 2.84 bits per heavy atom. The molecule has 4 unspecified atom stereocenters. The van der Waals surface area contributed by atoms with Gasteiger partial charge in [-0.15, -0.1) is 0 Å². The third kappa shape index (κ3) is 3.48. The van der Waals surface area contributed by atoms with E-state index in [4.69, 9.17) is 4.74 Å². The van der Waals surface area contributed by atoms with Crippen LogP contribution in [0.1, 0.15) is 40.0 Å². The standard InChI is InChI=1S/C15H28N2O2/c1-4-7-16-14-10-19-9-13(14)15(18)17-8-11(2)5-6-12(17)3/h11-14,16H,4-10H2,1-3H3. The van der Waals surface area contributed by atoms with Crippen LogP contribution < -0.4 is 5.32 Å². The third-order valence-corrected chi connectivity index (χ3v) is 4.45. The lowest BCUT2D eigenvalue weighted by molar-refractivity contribution is -0.140. The van der Waals surface area contributed by atoms with Crippen LogP contribution in [0.15, 0.2) is 0 Å². The van der Waals surface area contributed by atoms with Crippen LogP contribution in [-0.2, 0) is 9.53 Å². The van der Waals surface area contributed by atoms with Crippen LogP contribution in [-0.4, -0.2) is 49.2 Å². The molecule has 0 bridgehead atoms. The first kappa shape index (κ1) is 14.8. The molecule has 0 aromatic rings. The topological polar surface area (TPSA) is 41.6 Å². The van der Waals surface area contributed by atoms with Gasteiger partial charge < -0.3 is 15.0 Å². The number of hydrogen-bond acceptors (Lipinski definition) is 3. The fraction of sp³-hybridized carbons (Fsp3) is 0.933. The molecule has 2 fully saturated rings. The number of piperidine rings is 1. The first-order chi connectivity index (χ1) is 9.13. The molecule has 19 heavy (non-hydrogen) atoms. The average Bonchev–Trinajstić information content (AvgIpc) is 2.86. The fourth-order valence-corrected chi connectivity index (χ4v) is 3.14. The van der Waals surface area contributed by atoms with Gasteiger partial charge in [0.05, 0.1) is 19.1 Å². The van der Waals surface area contributed by atoms with Crippen LogP contribution in [0.2, 0.25) is 0 Å². The van der Waals surface area contributed by atoms with E-state index in [1.165, 1.54) is 6.42 Å². The molecule has 2 aliphatic heterocycles. The zero-order chi connectivity index (χ0) is 13.8. The van der Waals surface area contributed by atoms with Gasteiger partial charge >= 0.3 is 0 Å². The van der Waals surface area contributed by atoms with Crippen molar-refractivity contribution in [3.8, 4) is 0 Å². The largest absolute Gasteiger partial charge is 0.379 e. The van der Waals surface area contributed by atoms with Gasteiger partial charge in [-0.1, -0.05) is 13.8 Å². The quantitative estimate of drug-likeness (QED) is 0.843. The predicted octanol–water partition coefficient (Wildman–Crippen LogP) is 1.65. The molecule has 0 spiro atoms. The van der Waals surface area contributed by atoms with Crippen molar-refractivity contribution in [3.05, 3.63) is 0 Å². The minimum Gasteiger partial charge on any atom is -0.379 e. The monoisotopic (exact) mass is 268 g/mol. The van der Waals surface area contributed by atoms with Crippen molar-refractivity contribution in [2.75, 3.05) is 26.3 Å². The van der Waals surface area contributed by atoms with E-state index in [9.17, 15) is 4.79 Å². The number of likely N-dealkylation sites (tertiary alicyclic amines) is 1. The summed E-state index contributed by atoms with van der Waals surface area (Å²) >= 11 is 0. The Kier molecular flexibility index (Phi) is 5.22. The van der Waals surface area contributed by atoms with Gasteiger partial charge in [0, 0.05) is 18.6 Å². The van der Waals surface area contributed by atoms with Gasteiger partial charge in [0.25, 0.3) is 0 Å². The zero-order valence-electron chi connectivity index (χ0n) is 12.5. The molecular weight excluding hydrogens is 240 g/mol. The number of carbonyl (C=O) groups is 1. The SMILES string of the molecule is CCCNC1COCC1C(=O)N1CC(C)CCC1C. The number of amides is 1. The van der Waals surface area contributed by atoms with Gasteiger partial charge in [-0.05, 0) is 38.6 Å². The molecule has 0 aliphatic carbocycles. The molecule has 0 radical (unpaired) electrons. The molecule has 2 saturated heterocycles. The molecule has 0 aromatic carbocycles. The van der Waals surface area contributed by atoms with E-state index in [-0.39, 0.29) is 12.0 Å². The summed E-state index contributed by atoms with van der Waals surface area (Å²) in [6.07, 6.45) is 3.46. The summed E-state index contributed by atoms with van der Waals surface area (Å²) in [7, 11) is 0. The van der Waals surface area contributed by atoms with E-state index >= 15 is 0 Å². The molecule has 4 nitrogen and oxygen atoms in total. The van der Waals surface area contributed by atoms with Crippen LogP contribution in [0.5, 0.6) is 0 Å². The average molecular weight is 268 g/mol. The number of carbonyl (C=O) groups excluding carboxylic acids is 1. The molecular formula is C15H28N2O2. The molecule has 1 amide bonds. The lowest BCUT2D eigenvalue weighted by atomic mass is 9.92. The highest BCUT2D eigenvalue weighted by molar-refractivity contribution is 5.80. The molecule has 1 N–H and O–H groups in total. The number of nitrogens with zero attached hydrogens (tertiary/aromatic N) is 1. The first-order valence-corrected chi connectivity index (χ1v) is 7.75. The molecule has 0 saturated carbocycles. The van der Waals surface area contributed by atoms with Crippen molar-refractivity contribution in [1.82, 2.24) is 10.2 Å². The van der Waals surface area contributed by atoms with Gasteiger partial charge in [-0.25, -0.2) is 0 Å². The molecule has 0 aromatic heterocycles. The van der Waals surface area contributed by atoms with Crippen molar-refractivity contribution < 1.29 is 9.53 Å². The van der Waals surface area contributed by atoms with E-state index in [2.05, 4.69) is 31.0 Å². The Bertz CT molecular complexity index is 309. The van der Waals surface area contributed by atoms with E-state index in [1.54, 1.807) is 0 Å². The Hall–Kier alpha value is -0.610. The molecule has 2 aliphatic rings. The molecule has 2 rings (SSSR count). The maximum atomic E-state index is 12.7. The predicted molar refractivity (Wildman–Crippen MR) is 76.0 cm³/mol. The molecule has 110 valence electrons. The van der Waals surface area contributed by atoms with Gasteiger partial charge in [-0.3, -0.25) is 4.79 Å². The van der Waals surface area contributed by atoms with Crippen LogP contribution in [0.25, 0.3) is 0 Å². The first-order valence-electron chi connectivity index (χ1n) is 7.75. The second-order valence-electron chi connectivity index (χ2n) is 6.23. The summed E-state index contributed by atoms with van der Waals surface area (Å²) in [6.45, 7) is 9.69. The lowest BCUT2D eigenvalue weighted by Crippen LogP contribution is -2.51. The van der Waals surface area contributed by atoms with Gasteiger partial charge in [-0.2, -0.15) is 0 Å². The highest BCUT2D eigenvalue weighted by Crippen LogP contribution is 2.25. The maximum absolute atomic E-state index is 12.7. The number of rotatable bonds is 4. The van der Waals surface area contributed by atoms with Crippen LogP contribution in [0.4, 0.5) is 0 Å². The molecule has 4 atom stereocenters. The minimum absolute atomic E-state index is 0.0132. The van der Waals surface area contributed by atoms with Gasteiger partial charge in [0.1, 0.15) is 0 Å². The van der Waals surface area contributed by atoms with Crippen LogP contribution >= 0.6 is 0 Å². The van der Waals surface area contributed by atoms with Gasteiger partial charge in [0.2, 0.25) is 5.91 Å². The number of ether oxygens (including phenoxy) is 1. The smallest absolute Gasteiger partial charge is 0.229 e. The summed E-state index contributed by atoms with van der Waals surface area (Å²) in [5.41, 5.74) is 0. The van der Waals surface area contributed by atoms with Crippen molar-refractivity contribution in [1.29, 1.82) is 0 Å². The number of nitrogens with one attached hydrogen (secondary N) is 1. The summed E-state index contributed by atoms with van der Waals surface area (Å²) in [4.78, 5) is 14.8. The minimum atomic E-state index is 0.0132. The van der Waals surface area contributed by atoms with Crippen LogP contribution in [0, 0.1) is 11.8 Å². The number of hydrogen-bond donors (Lipinski definition) is 1. The summed E-state index contributed by atoms with van der Waals surface area (Å²) in [5.74, 6) is 0.939. The Morgan fingerprint density at radius 1 is 1.32 bits per heavy atom. The van der Waals surface area contributed by atoms with Crippen molar-refractivity contribution in [2.24, 2.45) is 11.8 Å². The summed E-state index contributed by atoms with van der Waals surface area (Å²) < 4.78 is 5.53. The highest BCUT2D eigenvalue weighted by Gasteiger charge is 2.38. The summed E-state index contributed by atoms with van der Waals surface area (Å²) in [5, 5.41) is 3.45. The fourth-order valence-electron chi connectivity index (χ4n) is 3.14. The van der Waals surface area contributed by atoms with E-state index in [1.807, 2.05) is 0 Å². The highest BCUT2D eigenvalue weighted by atomic mass is 16.5. The zero-order valence-corrected chi connectivity index (χ0v) is 12.5. The lowest BCUT2D eigenvalue weighted by Gasteiger charge is -2.39. The second kappa shape index (κ2) is 6.71. The van der Waals surface area contributed by atoms with Crippen molar-refractivity contribution >= 4 is 5.91 Å². The van der Waals surface area contributed by atoms with Crippen molar-refractivity contribution in [2.45, 2.75) is 52.1 Å². The van der Waals surface area contributed by atoms with E-state index in [0.717, 1.165) is 25.9 Å². The Balaban J connectivity index is 1.97. The maximum Gasteiger partial charge on any atom is 0.229 e. The van der Waals surface area contributed by atoms with Gasteiger partial charge in [0.15, 0.2) is 0 Å². The summed E-state index contributed by atoms with van der Waals surface area (Å²) in [6, 6.07) is 0.591.